The lowest BCUT2D eigenvalue weighted by atomic mass is 9.92. The summed E-state index contributed by atoms with van der Waals surface area (Å²) in [5.41, 5.74) is 0.900. The topological polar surface area (TPSA) is 58.6 Å². The van der Waals surface area contributed by atoms with Crippen LogP contribution >= 0.6 is 31.9 Å². The zero-order chi connectivity index (χ0) is 14.2. The van der Waals surface area contributed by atoms with Crippen molar-refractivity contribution in [1.29, 1.82) is 0 Å². The molecule has 2 aromatic rings. The molecular formula is C13H13Br2N3O. The summed E-state index contributed by atoms with van der Waals surface area (Å²) in [5, 5.41) is 0. The van der Waals surface area contributed by atoms with Gasteiger partial charge in [-0.15, -0.1) is 0 Å². The van der Waals surface area contributed by atoms with Crippen molar-refractivity contribution in [3.05, 3.63) is 43.3 Å². The monoisotopic (exact) mass is 385 g/mol. The molecule has 0 amide bonds. The highest BCUT2D eigenvalue weighted by molar-refractivity contribution is 9.10. The molecule has 0 radical (unpaired) electrons. The van der Waals surface area contributed by atoms with Crippen LogP contribution in [0.2, 0.25) is 0 Å². The first-order chi connectivity index (χ1) is 8.80. The van der Waals surface area contributed by atoms with Crippen molar-refractivity contribution in [2.75, 3.05) is 0 Å². The SMILES string of the molecule is CC(C)(C)c1nc(-c2ncccc2Br)[nH]c(=O)c1Br. The molecule has 0 saturated heterocycles. The second-order valence-electron chi connectivity index (χ2n) is 5.16. The number of halogens is 2. The molecule has 0 fully saturated rings. The van der Waals surface area contributed by atoms with E-state index >= 15 is 0 Å². The summed E-state index contributed by atoms with van der Waals surface area (Å²) in [6.07, 6.45) is 1.67. The van der Waals surface area contributed by atoms with Gasteiger partial charge in [-0.25, -0.2) is 4.98 Å². The maximum atomic E-state index is 12.0. The fourth-order valence-corrected chi connectivity index (χ4v) is 2.85. The maximum Gasteiger partial charge on any atom is 0.265 e. The molecule has 0 unspecified atom stereocenters. The summed E-state index contributed by atoms with van der Waals surface area (Å²) in [6.45, 7) is 6.03. The van der Waals surface area contributed by atoms with Crippen LogP contribution in [0.15, 0.2) is 32.1 Å². The third kappa shape index (κ3) is 2.95. The van der Waals surface area contributed by atoms with E-state index in [0.717, 1.165) is 4.47 Å². The fraction of sp³-hybridized carbons (Fsp3) is 0.308. The molecular weight excluding hydrogens is 374 g/mol. The molecule has 0 aliphatic heterocycles. The third-order valence-corrected chi connectivity index (χ3v) is 3.93. The molecule has 0 aliphatic carbocycles. The van der Waals surface area contributed by atoms with Crippen LogP contribution in [0.3, 0.4) is 0 Å². The number of nitrogens with zero attached hydrogens (tertiary/aromatic N) is 2. The second kappa shape index (κ2) is 5.17. The van der Waals surface area contributed by atoms with Crippen molar-refractivity contribution in [3.63, 3.8) is 0 Å². The molecule has 0 saturated carbocycles. The number of hydrogen-bond donors (Lipinski definition) is 1. The van der Waals surface area contributed by atoms with E-state index in [1.165, 1.54) is 0 Å². The molecule has 0 spiro atoms. The number of hydrogen-bond acceptors (Lipinski definition) is 3. The highest BCUT2D eigenvalue weighted by Gasteiger charge is 2.23. The number of nitrogens with one attached hydrogen (secondary N) is 1. The highest BCUT2D eigenvalue weighted by atomic mass is 79.9. The summed E-state index contributed by atoms with van der Waals surface area (Å²) in [7, 11) is 0. The molecule has 0 atom stereocenters. The Kier molecular flexibility index (Phi) is 3.92. The number of aromatic nitrogens is 3. The van der Waals surface area contributed by atoms with Gasteiger partial charge in [0.15, 0.2) is 5.82 Å². The van der Waals surface area contributed by atoms with E-state index in [-0.39, 0.29) is 11.0 Å². The van der Waals surface area contributed by atoms with Crippen molar-refractivity contribution in [2.24, 2.45) is 0 Å². The Morgan fingerprint density at radius 2 is 1.95 bits per heavy atom. The van der Waals surface area contributed by atoms with Crippen molar-refractivity contribution in [3.8, 4) is 11.5 Å². The van der Waals surface area contributed by atoms with Crippen LogP contribution in [0.1, 0.15) is 26.5 Å². The van der Waals surface area contributed by atoms with Crippen molar-refractivity contribution in [2.45, 2.75) is 26.2 Å². The van der Waals surface area contributed by atoms with E-state index in [1.807, 2.05) is 32.9 Å². The first-order valence-corrected chi connectivity index (χ1v) is 7.30. The molecule has 1 N–H and O–H groups in total. The summed E-state index contributed by atoms with van der Waals surface area (Å²) in [6, 6.07) is 3.68. The zero-order valence-corrected chi connectivity index (χ0v) is 14.0. The molecule has 2 heterocycles. The van der Waals surface area contributed by atoms with Crippen LogP contribution < -0.4 is 5.56 Å². The quantitative estimate of drug-likeness (QED) is 0.813. The molecule has 19 heavy (non-hydrogen) atoms. The molecule has 0 aliphatic rings. The van der Waals surface area contributed by atoms with E-state index in [2.05, 4.69) is 46.8 Å². The number of rotatable bonds is 1. The van der Waals surface area contributed by atoms with E-state index in [0.29, 0.717) is 21.7 Å². The Balaban J connectivity index is 2.71. The Bertz CT molecular complexity index is 674. The largest absolute Gasteiger partial charge is 0.304 e. The maximum absolute atomic E-state index is 12.0. The van der Waals surface area contributed by atoms with Crippen LogP contribution in [-0.4, -0.2) is 15.0 Å². The van der Waals surface area contributed by atoms with Gasteiger partial charge >= 0.3 is 0 Å². The van der Waals surface area contributed by atoms with Crippen LogP contribution in [0.5, 0.6) is 0 Å². The second-order valence-corrected chi connectivity index (χ2v) is 6.81. The minimum absolute atomic E-state index is 0.201. The van der Waals surface area contributed by atoms with Crippen LogP contribution in [0.4, 0.5) is 0 Å². The van der Waals surface area contributed by atoms with Gasteiger partial charge in [0.1, 0.15) is 10.2 Å². The smallest absolute Gasteiger partial charge is 0.265 e. The lowest BCUT2D eigenvalue weighted by molar-refractivity contribution is 0.562. The lowest BCUT2D eigenvalue weighted by Gasteiger charge is -2.19. The molecule has 2 rings (SSSR count). The van der Waals surface area contributed by atoms with E-state index in [4.69, 9.17) is 0 Å². The first-order valence-electron chi connectivity index (χ1n) is 5.72. The van der Waals surface area contributed by atoms with Crippen molar-refractivity contribution in [1.82, 2.24) is 15.0 Å². The molecule has 4 nitrogen and oxygen atoms in total. The molecule has 100 valence electrons. The molecule has 0 bridgehead atoms. The first kappa shape index (κ1) is 14.4. The van der Waals surface area contributed by atoms with Gasteiger partial charge in [0, 0.05) is 16.1 Å². The molecule has 2 aromatic heterocycles. The number of H-pyrrole nitrogens is 1. The van der Waals surface area contributed by atoms with Gasteiger partial charge in [0.2, 0.25) is 0 Å². The van der Waals surface area contributed by atoms with Crippen molar-refractivity contribution >= 4 is 31.9 Å². The van der Waals surface area contributed by atoms with Gasteiger partial charge in [0.05, 0.1) is 5.69 Å². The van der Waals surface area contributed by atoms with Crippen molar-refractivity contribution < 1.29 is 0 Å². The van der Waals surface area contributed by atoms with E-state index in [9.17, 15) is 4.79 Å². The van der Waals surface area contributed by atoms with E-state index < -0.39 is 0 Å². The predicted molar refractivity (Wildman–Crippen MR) is 82.2 cm³/mol. The van der Waals surface area contributed by atoms with Gasteiger partial charge in [-0.3, -0.25) is 9.78 Å². The minimum atomic E-state index is -0.233. The van der Waals surface area contributed by atoms with E-state index in [1.54, 1.807) is 6.20 Å². The summed E-state index contributed by atoms with van der Waals surface area (Å²) in [5.74, 6) is 0.464. The normalized spacial score (nSPS) is 11.6. The van der Waals surface area contributed by atoms with Gasteiger partial charge in [-0.05, 0) is 44.0 Å². The van der Waals surface area contributed by atoms with Gasteiger partial charge in [0.25, 0.3) is 5.56 Å². The van der Waals surface area contributed by atoms with Crippen LogP contribution in [0, 0.1) is 0 Å². The average Bonchev–Trinajstić information content (AvgIpc) is 2.31. The predicted octanol–water partition coefficient (Wildman–Crippen LogP) is 3.65. The summed E-state index contributed by atoms with van der Waals surface area (Å²) in [4.78, 5) is 23.5. The Morgan fingerprint density at radius 1 is 1.26 bits per heavy atom. The summed E-state index contributed by atoms with van der Waals surface area (Å²) >= 11 is 6.72. The number of aromatic amines is 1. The highest BCUT2D eigenvalue weighted by Crippen LogP contribution is 2.28. The van der Waals surface area contributed by atoms with Gasteiger partial charge in [-0.1, -0.05) is 20.8 Å². The standard InChI is InChI=1S/C13H13Br2N3O/c1-13(2,3)10-8(15)12(19)18-11(17-10)9-7(14)5-4-6-16-9/h4-6H,1-3H3,(H,17,18,19). The van der Waals surface area contributed by atoms with Gasteiger partial charge < -0.3 is 4.98 Å². The van der Waals surface area contributed by atoms with Gasteiger partial charge in [-0.2, -0.15) is 0 Å². The summed E-state index contributed by atoms with van der Waals surface area (Å²) < 4.78 is 1.26. The average molecular weight is 387 g/mol. The van der Waals surface area contributed by atoms with Crippen LogP contribution in [-0.2, 0) is 5.41 Å². The fourth-order valence-electron chi connectivity index (χ4n) is 1.63. The molecule has 6 heteroatoms. The lowest BCUT2D eigenvalue weighted by Crippen LogP contribution is -2.22. The third-order valence-electron chi connectivity index (χ3n) is 2.56. The van der Waals surface area contributed by atoms with Crippen LogP contribution in [0.25, 0.3) is 11.5 Å². The Hall–Kier alpha value is -1.01. The molecule has 0 aromatic carbocycles. The minimum Gasteiger partial charge on any atom is -0.304 e. The number of pyridine rings is 1. The Morgan fingerprint density at radius 3 is 2.53 bits per heavy atom. The Labute approximate surface area is 128 Å². The zero-order valence-electron chi connectivity index (χ0n) is 10.8.